The molecule has 0 radical (unpaired) electrons. The molecule has 3 rings (SSSR count). The molecule has 0 fully saturated rings. The Hall–Kier alpha value is -2.53. The minimum atomic E-state index is -4.48. The van der Waals surface area contributed by atoms with E-state index in [-0.39, 0.29) is 17.7 Å². The van der Waals surface area contributed by atoms with Crippen molar-refractivity contribution < 1.29 is 30.4 Å². The van der Waals surface area contributed by atoms with Gasteiger partial charge >= 0.3 is 12.7 Å². The zero-order chi connectivity index (χ0) is 21.4. The summed E-state index contributed by atoms with van der Waals surface area (Å²) >= 11 is 0. The summed E-state index contributed by atoms with van der Waals surface area (Å²) in [5.74, 6) is -0.295. The van der Waals surface area contributed by atoms with Gasteiger partial charge in [0.2, 0.25) is 10.0 Å². The normalized spacial score (nSPS) is 12.8. The van der Waals surface area contributed by atoms with E-state index in [9.17, 15) is 30.4 Å². The SMILES string of the molecule is CNS(=O)(=O)CCc1cc(-c2ccc(C(F)(F)F)cc2)cc2cn(C(F)F)nc12. The van der Waals surface area contributed by atoms with E-state index < -0.39 is 28.3 Å². The van der Waals surface area contributed by atoms with E-state index >= 15 is 0 Å². The second kappa shape index (κ2) is 7.71. The zero-order valence-electron chi connectivity index (χ0n) is 15.0. The third-order valence-corrected chi connectivity index (χ3v) is 5.77. The third-order valence-electron chi connectivity index (χ3n) is 4.40. The maximum absolute atomic E-state index is 13.0. The van der Waals surface area contributed by atoms with Crippen LogP contribution in [0.3, 0.4) is 0 Å². The van der Waals surface area contributed by atoms with Crippen LogP contribution in [-0.4, -0.2) is 31.0 Å². The molecular weight excluding hydrogens is 417 g/mol. The van der Waals surface area contributed by atoms with Gasteiger partial charge in [0.15, 0.2) is 0 Å². The van der Waals surface area contributed by atoms with Crippen LogP contribution in [0.2, 0.25) is 0 Å². The Labute approximate surface area is 163 Å². The first-order chi connectivity index (χ1) is 13.5. The number of alkyl halides is 5. The number of benzene rings is 2. The second-order valence-corrected chi connectivity index (χ2v) is 8.35. The maximum Gasteiger partial charge on any atom is 0.416 e. The number of aryl methyl sites for hydroxylation is 1. The van der Waals surface area contributed by atoms with E-state index in [1.165, 1.54) is 25.2 Å². The molecule has 1 aromatic heterocycles. The molecule has 1 N–H and O–H groups in total. The number of nitrogens with zero attached hydrogens (tertiary/aromatic N) is 2. The summed E-state index contributed by atoms with van der Waals surface area (Å²) in [7, 11) is -2.29. The average molecular weight is 433 g/mol. The van der Waals surface area contributed by atoms with Gasteiger partial charge in [-0.25, -0.2) is 17.8 Å². The van der Waals surface area contributed by atoms with Crippen molar-refractivity contribution in [1.29, 1.82) is 0 Å². The summed E-state index contributed by atoms with van der Waals surface area (Å²) in [6, 6.07) is 7.48. The minimum absolute atomic E-state index is 0.00556. The average Bonchev–Trinajstić information content (AvgIpc) is 3.10. The van der Waals surface area contributed by atoms with E-state index in [2.05, 4.69) is 9.82 Å². The molecule has 0 spiro atoms. The minimum Gasteiger partial charge on any atom is -0.218 e. The molecule has 2 aromatic carbocycles. The molecule has 156 valence electrons. The third kappa shape index (κ3) is 4.73. The molecule has 0 saturated heterocycles. The number of nitrogens with one attached hydrogen (secondary N) is 1. The monoisotopic (exact) mass is 433 g/mol. The Kier molecular flexibility index (Phi) is 5.63. The standard InChI is InChI=1S/C18H16F5N3O2S/c1-24-29(27,28)7-6-12-8-13(9-14-10-26(17(19)20)25-16(12)14)11-2-4-15(5-3-11)18(21,22)23/h2-5,8-10,17,24H,6-7H2,1H3. The Morgan fingerprint density at radius 1 is 1.10 bits per heavy atom. The Bertz CT molecular complexity index is 1120. The van der Waals surface area contributed by atoms with Gasteiger partial charge in [-0.15, -0.1) is 0 Å². The highest BCUT2D eigenvalue weighted by Crippen LogP contribution is 2.33. The molecule has 11 heteroatoms. The van der Waals surface area contributed by atoms with Crippen LogP contribution in [0.1, 0.15) is 17.7 Å². The predicted molar refractivity (Wildman–Crippen MR) is 98.0 cm³/mol. The zero-order valence-corrected chi connectivity index (χ0v) is 15.9. The van der Waals surface area contributed by atoms with Crippen LogP contribution in [-0.2, 0) is 22.6 Å². The van der Waals surface area contributed by atoms with Crippen LogP contribution in [0.25, 0.3) is 22.0 Å². The van der Waals surface area contributed by atoms with Gasteiger partial charge in [-0.1, -0.05) is 12.1 Å². The fourth-order valence-corrected chi connectivity index (χ4v) is 3.57. The summed E-state index contributed by atoms with van der Waals surface area (Å²) in [6.07, 6.45) is -3.37. The quantitative estimate of drug-likeness (QED) is 0.593. The van der Waals surface area contributed by atoms with Gasteiger partial charge < -0.3 is 0 Å². The fraction of sp³-hybridized carbons (Fsp3) is 0.278. The van der Waals surface area contributed by atoms with E-state index in [4.69, 9.17) is 0 Å². The predicted octanol–water partition coefficient (Wildman–Crippen LogP) is 4.21. The van der Waals surface area contributed by atoms with Crippen LogP contribution in [0.4, 0.5) is 22.0 Å². The topological polar surface area (TPSA) is 64.0 Å². The lowest BCUT2D eigenvalue weighted by Gasteiger charge is -2.10. The Morgan fingerprint density at radius 2 is 1.76 bits per heavy atom. The van der Waals surface area contributed by atoms with E-state index in [0.29, 0.717) is 26.8 Å². The first-order valence-corrected chi connectivity index (χ1v) is 10.0. The summed E-state index contributed by atoms with van der Waals surface area (Å²) in [5, 5.41) is 4.16. The van der Waals surface area contributed by atoms with Crippen molar-refractivity contribution in [2.45, 2.75) is 19.1 Å². The summed E-state index contributed by atoms with van der Waals surface area (Å²) in [5.41, 5.74) is 0.704. The highest BCUT2D eigenvalue weighted by Gasteiger charge is 2.30. The van der Waals surface area contributed by atoms with E-state index in [1.54, 1.807) is 6.07 Å². The van der Waals surface area contributed by atoms with Gasteiger partial charge in [0.1, 0.15) is 0 Å². The maximum atomic E-state index is 13.0. The van der Waals surface area contributed by atoms with Gasteiger partial charge in [-0.3, -0.25) is 0 Å². The highest BCUT2D eigenvalue weighted by atomic mass is 32.2. The molecule has 0 unspecified atom stereocenters. The first kappa shape index (κ1) is 21.2. The molecule has 0 atom stereocenters. The molecule has 0 amide bonds. The van der Waals surface area contributed by atoms with Crippen molar-refractivity contribution in [3.63, 3.8) is 0 Å². The van der Waals surface area contributed by atoms with Crippen molar-refractivity contribution in [2.75, 3.05) is 12.8 Å². The molecule has 3 aromatic rings. The number of halogens is 5. The smallest absolute Gasteiger partial charge is 0.218 e. The number of hydrogen-bond donors (Lipinski definition) is 1. The summed E-state index contributed by atoms with van der Waals surface area (Å²) in [6.45, 7) is -2.88. The van der Waals surface area contributed by atoms with Crippen LogP contribution >= 0.6 is 0 Å². The largest absolute Gasteiger partial charge is 0.416 e. The summed E-state index contributed by atoms with van der Waals surface area (Å²) < 4.78 is 90.5. The lowest BCUT2D eigenvalue weighted by Crippen LogP contribution is -2.23. The Morgan fingerprint density at radius 3 is 2.31 bits per heavy atom. The van der Waals surface area contributed by atoms with Gasteiger partial charge in [0, 0.05) is 11.6 Å². The van der Waals surface area contributed by atoms with Gasteiger partial charge in [-0.2, -0.15) is 27.1 Å². The van der Waals surface area contributed by atoms with Crippen molar-refractivity contribution >= 4 is 20.9 Å². The number of aromatic nitrogens is 2. The van der Waals surface area contributed by atoms with Crippen LogP contribution in [0, 0.1) is 0 Å². The van der Waals surface area contributed by atoms with Crippen LogP contribution < -0.4 is 4.72 Å². The molecule has 0 saturated carbocycles. The molecule has 5 nitrogen and oxygen atoms in total. The summed E-state index contributed by atoms with van der Waals surface area (Å²) in [4.78, 5) is 0. The van der Waals surface area contributed by atoms with Crippen molar-refractivity contribution in [1.82, 2.24) is 14.5 Å². The van der Waals surface area contributed by atoms with Crippen molar-refractivity contribution in [3.8, 4) is 11.1 Å². The molecule has 0 aliphatic heterocycles. The van der Waals surface area contributed by atoms with Crippen molar-refractivity contribution in [3.05, 3.63) is 53.7 Å². The molecular formula is C18H16F5N3O2S. The van der Waals surface area contributed by atoms with Crippen LogP contribution in [0.15, 0.2) is 42.6 Å². The van der Waals surface area contributed by atoms with Gasteiger partial charge in [0.05, 0.1) is 16.8 Å². The lowest BCUT2D eigenvalue weighted by atomic mass is 9.98. The second-order valence-electron chi connectivity index (χ2n) is 6.31. The highest BCUT2D eigenvalue weighted by molar-refractivity contribution is 7.89. The number of rotatable bonds is 6. The number of sulfonamides is 1. The first-order valence-electron chi connectivity index (χ1n) is 8.39. The molecule has 0 aliphatic carbocycles. The molecule has 1 heterocycles. The number of fused-ring (bicyclic) bond motifs is 1. The van der Waals surface area contributed by atoms with Gasteiger partial charge in [-0.05, 0) is 54.4 Å². The van der Waals surface area contributed by atoms with Crippen LogP contribution in [0.5, 0.6) is 0 Å². The molecule has 0 aliphatic rings. The number of hydrogen-bond acceptors (Lipinski definition) is 3. The Balaban J connectivity index is 2.08. The fourth-order valence-electron chi connectivity index (χ4n) is 2.88. The lowest BCUT2D eigenvalue weighted by molar-refractivity contribution is -0.137. The van der Waals surface area contributed by atoms with E-state index in [1.807, 2.05) is 0 Å². The van der Waals surface area contributed by atoms with Gasteiger partial charge in [0.25, 0.3) is 0 Å². The molecule has 29 heavy (non-hydrogen) atoms. The van der Waals surface area contributed by atoms with Crippen molar-refractivity contribution in [2.24, 2.45) is 0 Å². The molecule has 0 bridgehead atoms. The van der Waals surface area contributed by atoms with E-state index in [0.717, 1.165) is 18.3 Å².